The number of hydrogen-bond acceptors (Lipinski definition) is 5. The first-order valence-corrected chi connectivity index (χ1v) is 10.2. The number of esters is 1. The van der Waals surface area contributed by atoms with Crippen molar-refractivity contribution in [1.29, 1.82) is 0 Å². The Hall–Kier alpha value is -2.96. The number of amides is 1. The van der Waals surface area contributed by atoms with E-state index < -0.39 is 12.1 Å². The lowest BCUT2D eigenvalue weighted by Crippen LogP contribution is -2.37. The van der Waals surface area contributed by atoms with Crippen molar-refractivity contribution in [3.63, 3.8) is 0 Å². The third-order valence-electron chi connectivity index (χ3n) is 5.14. The van der Waals surface area contributed by atoms with Gasteiger partial charge in [-0.25, -0.2) is 9.48 Å². The highest BCUT2D eigenvalue weighted by Crippen LogP contribution is 2.19. The minimum atomic E-state index is -0.953. The molecule has 0 unspecified atom stereocenters. The van der Waals surface area contributed by atoms with Crippen LogP contribution in [-0.4, -0.2) is 34.3 Å². The van der Waals surface area contributed by atoms with E-state index in [0.29, 0.717) is 23.9 Å². The van der Waals surface area contributed by atoms with Crippen molar-refractivity contribution in [3.05, 3.63) is 52.0 Å². The SMILES string of the molecule is CCn1nc(C(=O)O[C@H](C)C(=O)NCCC2=CCCCC2)c2ccccc2c1=O. The Kier molecular flexibility index (Phi) is 6.80. The third kappa shape index (κ3) is 4.91. The van der Waals surface area contributed by atoms with Gasteiger partial charge in [-0.15, -0.1) is 0 Å². The van der Waals surface area contributed by atoms with Crippen molar-refractivity contribution in [3.8, 4) is 0 Å². The minimum Gasteiger partial charge on any atom is -0.448 e. The summed E-state index contributed by atoms with van der Waals surface area (Å²) in [6.07, 6.45) is 6.75. The number of nitrogens with zero attached hydrogens (tertiary/aromatic N) is 2. The molecule has 1 aliphatic rings. The number of allylic oxidation sites excluding steroid dienone is 1. The van der Waals surface area contributed by atoms with E-state index in [4.69, 9.17) is 4.74 Å². The number of fused-ring (bicyclic) bond motifs is 1. The topological polar surface area (TPSA) is 90.3 Å². The fraction of sp³-hybridized carbons (Fsp3) is 0.455. The van der Waals surface area contributed by atoms with Gasteiger partial charge < -0.3 is 10.1 Å². The van der Waals surface area contributed by atoms with Crippen molar-refractivity contribution in [2.24, 2.45) is 0 Å². The van der Waals surface area contributed by atoms with Crippen molar-refractivity contribution in [1.82, 2.24) is 15.1 Å². The zero-order valence-corrected chi connectivity index (χ0v) is 16.9. The predicted molar refractivity (Wildman–Crippen MR) is 111 cm³/mol. The Morgan fingerprint density at radius 3 is 2.69 bits per heavy atom. The summed E-state index contributed by atoms with van der Waals surface area (Å²) >= 11 is 0. The van der Waals surface area contributed by atoms with E-state index in [1.807, 2.05) is 0 Å². The lowest BCUT2D eigenvalue weighted by atomic mass is 9.97. The number of aryl methyl sites for hydroxylation is 1. The lowest BCUT2D eigenvalue weighted by molar-refractivity contribution is -0.129. The second-order valence-corrected chi connectivity index (χ2v) is 7.21. The molecule has 1 N–H and O–H groups in total. The molecule has 1 heterocycles. The van der Waals surface area contributed by atoms with E-state index in [1.54, 1.807) is 31.2 Å². The van der Waals surface area contributed by atoms with Crippen molar-refractivity contribution in [2.45, 2.75) is 58.6 Å². The quantitative estimate of drug-likeness (QED) is 0.573. The van der Waals surface area contributed by atoms with Crippen LogP contribution in [0.2, 0.25) is 0 Å². The van der Waals surface area contributed by atoms with Crippen molar-refractivity contribution in [2.75, 3.05) is 6.54 Å². The number of benzene rings is 1. The monoisotopic (exact) mass is 397 g/mol. The maximum Gasteiger partial charge on any atom is 0.360 e. The van der Waals surface area contributed by atoms with Crippen LogP contribution in [0.4, 0.5) is 0 Å². The van der Waals surface area contributed by atoms with Gasteiger partial charge in [-0.3, -0.25) is 9.59 Å². The summed E-state index contributed by atoms with van der Waals surface area (Å²) in [5, 5.41) is 7.79. The Morgan fingerprint density at radius 1 is 1.24 bits per heavy atom. The minimum absolute atomic E-state index is 0.0362. The molecule has 0 aliphatic heterocycles. The van der Waals surface area contributed by atoms with E-state index in [0.717, 1.165) is 19.3 Å². The summed E-state index contributed by atoms with van der Waals surface area (Å²) in [6, 6.07) is 6.77. The lowest BCUT2D eigenvalue weighted by Gasteiger charge is -2.16. The number of hydrogen-bond donors (Lipinski definition) is 1. The van der Waals surface area contributed by atoms with Crippen LogP contribution < -0.4 is 10.9 Å². The summed E-state index contributed by atoms with van der Waals surface area (Å²) in [6.45, 7) is 4.16. The molecule has 0 radical (unpaired) electrons. The maximum absolute atomic E-state index is 12.7. The van der Waals surface area contributed by atoms with Crippen LogP contribution in [0.5, 0.6) is 0 Å². The summed E-state index contributed by atoms with van der Waals surface area (Å²) in [7, 11) is 0. The summed E-state index contributed by atoms with van der Waals surface area (Å²) in [5.74, 6) is -1.07. The van der Waals surface area contributed by atoms with Crippen LogP contribution >= 0.6 is 0 Å². The Balaban J connectivity index is 1.66. The van der Waals surface area contributed by atoms with Crippen LogP contribution in [0.25, 0.3) is 10.8 Å². The molecule has 29 heavy (non-hydrogen) atoms. The smallest absolute Gasteiger partial charge is 0.360 e. The van der Waals surface area contributed by atoms with Gasteiger partial charge in [0.15, 0.2) is 11.8 Å². The van der Waals surface area contributed by atoms with Gasteiger partial charge in [-0.2, -0.15) is 5.10 Å². The molecule has 1 aromatic heterocycles. The first kappa shape index (κ1) is 20.8. The molecule has 0 bridgehead atoms. The third-order valence-corrected chi connectivity index (χ3v) is 5.14. The maximum atomic E-state index is 12.7. The van der Waals surface area contributed by atoms with Crippen LogP contribution in [-0.2, 0) is 16.1 Å². The molecule has 0 fully saturated rings. The van der Waals surface area contributed by atoms with Crippen LogP contribution in [0, 0.1) is 0 Å². The zero-order valence-electron chi connectivity index (χ0n) is 16.9. The largest absolute Gasteiger partial charge is 0.448 e. The number of nitrogens with one attached hydrogen (secondary N) is 1. The molecule has 7 heteroatoms. The standard InChI is InChI=1S/C22H27N3O4/c1-3-25-21(27)18-12-8-7-11-17(18)19(24-25)22(28)29-15(2)20(26)23-14-13-16-9-5-4-6-10-16/h7-9,11-12,15H,3-6,10,13-14H2,1-2H3,(H,23,26)/t15-/m1/s1. The molecule has 1 atom stereocenters. The molecule has 0 saturated carbocycles. The van der Waals surface area contributed by atoms with Gasteiger partial charge >= 0.3 is 5.97 Å². The van der Waals surface area contributed by atoms with Gasteiger partial charge in [0.25, 0.3) is 11.5 Å². The normalized spacial score (nSPS) is 14.9. The highest BCUT2D eigenvalue weighted by Gasteiger charge is 2.23. The van der Waals surface area contributed by atoms with Crippen LogP contribution in [0.15, 0.2) is 40.7 Å². The highest BCUT2D eigenvalue weighted by atomic mass is 16.5. The molecule has 1 aliphatic carbocycles. The predicted octanol–water partition coefficient (Wildman–Crippen LogP) is 2.97. The molecule has 0 saturated heterocycles. The fourth-order valence-electron chi connectivity index (χ4n) is 3.49. The number of aromatic nitrogens is 2. The van der Waals surface area contributed by atoms with Crippen LogP contribution in [0.1, 0.15) is 56.4 Å². The van der Waals surface area contributed by atoms with E-state index in [1.165, 1.54) is 30.0 Å². The van der Waals surface area contributed by atoms with Crippen LogP contribution in [0.3, 0.4) is 0 Å². The number of carbonyl (C=O) groups excluding carboxylic acids is 2. The Bertz CT molecular complexity index is 993. The molecule has 1 aromatic carbocycles. The van der Waals surface area contributed by atoms with E-state index in [9.17, 15) is 14.4 Å². The average Bonchev–Trinajstić information content (AvgIpc) is 2.74. The second kappa shape index (κ2) is 9.49. The molecular weight excluding hydrogens is 370 g/mol. The zero-order chi connectivity index (χ0) is 20.8. The molecule has 1 amide bonds. The van der Waals surface area contributed by atoms with E-state index in [2.05, 4.69) is 16.5 Å². The van der Waals surface area contributed by atoms with Gasteiger partial charge in [0.05, 0.1) is 5.39 Å². The molecule has 2 aromatic rings. The highest BCUT2D eigenvalue weighted by molar-refractivity contribution is 6.02. The summed E-state index contributed by atoms with van der Waals surface area (Å²) in [4.78, 5) is 37.4. The number of carbonyl (C=O) groups is 2. The molecule has 7 nitrogen and oxygen atoms in total. The Labute approximate surface area is 169 Å². The summed E-state index contributed by atoms with van der Waals surface area (Å²) in [5.41, 5.74) is 1.15. The van der Waals surface area contributed by atoms with Gasteiger partial charge in [0.1, 0.15) is 0 Å². The van der Waals surface area contributed by atoms with Gasteiger partial charge in [-0.1, -0.05) is 29.8 Å². The molecule has 154 valence electrons. The summed E-state index contributed by atoms with van der Waals surface area (Å²) < 4.78 is 6.57. The van der Waals surface area contributed by atoms with E-state index in [-0.39, 0.29) is 17.2 Å². The molecule has 3 rings (SSSR count). The first-order valence-electron chi connectivity index (χ1n) is 10.2. The molecule has 0 spiro atoms. The number of rotatable bonds is 7. The second-order valence-electron chi connectivity index (χ2n) is 7.21. The van der Waals surface area contributed by atoms with Gasteiger partial charge in [-0.05, 0) is 52.0 Å². The van der Waals surface area contributed by atoms with Gasteiger partial charge in [0, 0.05) is 18.5 Å². The Morgan fingerprint density at radius 2 is 2.00 bits per heavy atom. The average molecular weight is 397 g/mol. The van der Waals surface area contributed by atoms with Gasteiger partial charge in [0.2, 0.25) is 0 Å². The van der Waals surface area contributed by atoms with E-state index >= 15 is 0 Å². The first-order chi connectivity index (χ1) is 14.0. The van der Waals surface area contributed by atoms with Crippen molar-refractivity contribution < 1.29 is 14.3 Å². The number of ether oxygens (including phenoxy) is 1. The van der Waals surface area contributed by atoms with Crippen molar-refractivity contribution >= 4 is 22.6 Å². The molecular formula is C22H27N3O4. The fourth-order valence-corrected chi connectivity index (χ4v) is 3.49.